The molecule has 20 heavy (non-hydrogen) atoms. The fourth-order valence-corrected chi connectivity index (χ4v) is 5.46. The van der Waals surface area contributed by atoms with Gasteiger partial charge in [0.2, 0.25) is 0 Å². The number of hydrogen-bond acceptors (Lipinski definition) is 4. The Kier molecular flexibility index (Phi) is 2.54. The quantitative estimate of drug-likeness (QED) is 0.586. The van der Waals surface area contributed by atoms with Gasteiger partial charge >= 0.3 is 11.9 Å². The Bertz CT molecular complexity index is 475. The monoisotopic (exact) mass is 276 g/mol. The lowest BCUT2D eigenvalue weighted by atomic mass is 9.69. The molecular formula is C16H20O4. The molecule has 4 aliphatic rings. The fourth-order valence-electron chi connectivity index (χ4n) is 5.46. The Balaban J connectivity index is 1.69. The minimum Gasteiger partial charge on any atom is -0.462 e. The van der Waals surface area contributed by atoms with Crippen molar-refractivity contribution in [2.24, 2.45) is 23.7 Å². The largest absolute Gasteiger partial charge is 0.462 e. The van der Waals surface area contributed by atoms with Crippen LogP contribution >= 0.6 is 0 Å². The lowest BCUT2D eigenvalue weighted by Crippen LogP contribution is -2.47. The molecule has 0 spiro atoms. The van der Waals surface area contributed by atoms with Crippen LogP contribution in [0.3, 0.4) is 0 Å². The molecule has 0 aromatic heterocycles. The summed E-state index contributed by atoms with van der Waals surface area (Å²) in [7, 11) is 0. The zero-order chi connectivity index (χ0) is 13.9. The Morgan fingerprint density at radius 3 is 2.80 bits per heavy atom. The van der Waals surface area contributed by atoms with Crippen molar-refractivity contribution >= 4 is 11.9 Å². The molecule has 1 saturated heterocycles. The van der Waals surface area contributed by atoms with E-state index in [-0.39, 0.29) is 29.9 Å². The number of fused-ring (bicyclic) bond motifs is 1. The van der Waals surface area contributed by atoms with E-state index < -0.39 is 5.60 Å². The summed E-state index contributed by atoms with van der Waals surface area (Å²) in [6, 6.07) is 0. The second-order valence-corrected chi connectivity index (χ2v) is 6.82. The molecule has 4 nitrogen and oxygen atoms in total. The summed E-state index contributed by atoms with van der Waals surface area (Å²) in [5.74, 6) is 0.595. The number of hydrogen-bond donors (Lipinski definition) is 0. The SMILES string of the molecule is C=CC(=O)OC1(C2C3CC4OC(=O)C2C4C3)CCCC1. The zero-order valence-corrected chi connectivity index (χ0v) is 11.5. The van der Waals surface area contributed by atoms with Crippen molar-refractivity contribution in [2.45, 2.75) is 50.2 Å². The standard InChI is InChI=1S/C16H20O4/c1-2-12(17)20-16(5-3-4-6-16)14-9-7-10-11(8-9)19-15(18)13(10)14/h2,9-11,13-14H,1,3-8H2. The minimum absolute atomic E-state index is 0.0329. The van der Waals surface area contributed by atoms with Crippen molar-refractivity contribution in [2.75, 3.05) is 0 Å². The molecule has 3 aliphatic carbocycles. The summed E-state index contributed by atoms with van der Waals surface area (Å²) in [5.41, 5.74) is -0.441. The molecule has 4 heteroatoms. The molecule has 3 saturated carbocycles. The number of rotatable bonds is 3. The minimum atomic E-state index is -0.441. The Morgan fingerprint density at radius 2 is 2.10 bits per heavy atom. The van der Waals surface area contributed by atoms with Gasteiger partial charge < -0.3 is 9.47 Å². The second kappa shape index (κ2) is 4.09. The van der Waals surface area contributed by atoms with Gasteiger partial charge in [-0.25, -0.2) is 4.79 Å². The predicted octanol–water partition coefficient (Wildman–Crippen LogP) is 2.23. The number of carbonyl (C=O) groups is 2. The van der Waals surface area contributed by atoms with Crippen LogP contribution in [0.1, 0.15) is 38.5 Å². The average molecular weight is 276 g/mol. The van der Waals surface area contributed by atoms with Crippen LogP contribution in [0, 0.1) is 23.7 Å². The van der Waals surface area contributed by atoms with E-state index in [0.717, 1.165) is 38.5 Å². The van der Waals surface area contributed by atoms with Crippen LogP contribution in [0.25, 0.3) is 0 Å². The van der Waals surface area contributed by atoms with Crippen molar-refractivity contribution in [1.29, 1.82) is 0 Å². The zero-order valence-electron chi connectivity index (χ0n) is 11.5. The first kappa shape index (κ1) is 12.4. The Hall–Kier alpha value is -1.32. The van der Waals surface area contributed by atoms with Crippen LogP contribution in [0.5, 0.6) is 0 Å². The second-order valence-electron chi connectivity index (χ2n) is 6.82. The van der Waals surface area contributed by atoms with Crippen LogP contribution < -0.4 is 0 Å². The Morgan fingerprint density at radius 1 is 1.35 bits per heavy atom. The van der Waals surface area contributed by atoms with Gasteiger partial charge in [0.25, 0.3) is 0 Å². The summed E-state index contributed by atoms with van der Waals surface area (Å²) < 4.78 is 11.3. The first-order valence-corrected chi connectivity index (χ1v) is 7.70. The molecule has 1 heterocycles. The van der Waals surface area contributed by atoms with Crippen molar-refractivity contribution < 1.29 is 19.1 Å². The van der Waals surface area contributed by atoms with Gasteiger partial charge in [0.1, 0.15) is 11.7 Å². The van der Waals surface area contributed by atoms with Crippen LogP contribution in [-0.2, 0) is 19.1 Å². The van der Waals surface area contributed by atoms with Gasteiger partial charge in [0, 0.05) is 17.9 Å². The van der Waals surface area contributed by atoms with E-state index in [1.54, 1.807) is 0 Å². The number of ether oxygens (including phenoxy) is 2. The molecule has 5 atom stereocenters. The van der Waals surface area contributed by atoms with Crippen molar-refractivity contribution in [3.05, 3.63) is 12.7 Å². The van der Waals surface area contributed by atoms with Crippen molar-refractivity contribution in [3.63, 3.8) is 0 Å². The van der Waals surface area contributed by atoms with Gasteiger partial charge in [-0.05, 0) is 44.4 Å². The molecular weight excluding hydrogens is 256 g/mol. The molecule has 0 radical (unpaired) electrons. The molecule has 4 fully saturated rings. The van der Waals surface area contributed by atoms with E-state index >= 15 is 0 Å². The smallest absolute Gasteiger partial charge is 0.330 e. The van der Waals surface area contributed by atoms with E-state index in [9.17, 15) is 9.59 Å². The van der Waals surface area contributed by atoms with E-state index in [2.05, 4.69) is 6.58 Å². The van der Waals surface area contributed by atoms with Gasteiger partial charge in [-0.3, -0.25) is 4.79 Å². The van der Waals surface area contributed by atoms with Gasteiger partial charge in [0.05, 0.1) is 5.92 Å². The highest BCUT2D eigenvalue weighted by Gasteiger charge is 2.67. The van der Waals surface area contributed by atoms with Crippen LogP contribution in [0.4, 0.5) is 0 Å². The predicted molar refractivity (Wildman–Crippen MR) is 70.6 cm³/mol. The van der Waals surface area contributed by atoms with Crippen LogP contribution in [-0.4, -0.2) is 23.6 Å². The third-order valence-electron chi connectivity index (χ3n) is 6.01. The maximum absolute atomic E-state index is 12.2. The maximum atomic E-state index is 12.2. The molecule has 0 aromatic carbocycles. The lowest BCUT2D eigenvalue weighted by Gasteiger charge is -2.40. The van der Waals surface area contributed by atoms with Crippen molar-refractivity contribution in [1.82, 2.24) is 0 Å². The lowest BCUT2D eigenvalue weighted by molar-refractivity contribution is -0.167. The molecule has 0 amide bonds. The maximum Gasteiger partial charge on any atom is 0.330 e. The van der Waals surface area contributed by atoms with Gasteiger partial charge in [0.15, 0.2) is 0 Å². The highest BCUT2D eigenvalue weighted by atomic mass is 16.6. The normalized spacial score (nSPS) is 43.6. The molecule has 5 unspecified atom stereocenters. The number of esters is 2. The molecule has 0 N–H and O–H groups in total. The molecule has 108 valence electrons. The summed E-state index contributed by atoms with van der Waals surface area (Å²) >= 11 is 0. The van der Waals surface area contributed by atoms with E-state index in [0.29, 0.717) is 11.8 Å². The van der Waals surface area contributed by atoms with Gasteiger partial charge in [-0.1, -0.05) is 6.58 Å². The van der Waals surface area contributed by atoms with Gasteiger partial charge in [-0.15, -0.1) is 0 Å². The van der Waals surface area contributed by atoms with Gasteiger partial charge in [-0.2, -0.15) is 0 Å². The Labute approximate surface area is 118 Å². The fraction of sp³-hybridized carbons (Fsp3) is 0.750. The molecule has 1 aliphatic heterocycles. The highest BCUT2D eigenvalue weighted by Crippen LogP contribution is 2.63. The molecule has 2 bridgehead atoms. The first-order chi connectivity index (χ1) is 9.64. The van der Waals surface area contributed by atoms with E-state index in [4.69, 9.17) is 9.47 Å². The summed E-state index contributed by atoms with van der Waals surface area (Å²) in [6.07, 6.45) is 7.33. The van der Waals surface area contributed by atoms with E-state index in [1.807, 2.05) is 0 Å². The molecule has 0 aromatic rings. The van der Waals surface area contributed by atoms with Crippen molar-refractivity contribution in [3.8, 4) is 0 Å². The van der Waals surface area contributed by atoms with E-state index in [1.165, 1.54) is 6.08 Å². The third kappa shape index (κ3) is 1.48. The summed E-state index contributed by atoms with van der Waals surface area (Å²) in [4.78, 5) is 23.9. The topological polar surface area (TPSA) is 52.6 Å². The molecule has 4 rings (SSSR count). The average Bonchev–Trinajstić information content (AvgIpc) is 3.13. The van der Waals surface area contributed by atoms with Crippen LogP contribution in [0.15, 0.2) is 12.7 Å². The summed E-state index contributed by atoms with van der Waals surface area (Å²) in [6.45, 7) is 3.50. The highest BCUT2D eigenvalue weighted by molar-refractivity contribution is 5.82. The summed E-state index contributed by atoms with van der Waals surface area (Å²) in [5, 5.41) is 0. The number of carbonyl (C=O) groups excluding carboxylic acids is 2. The first-order valence-electron chi connectivity index (χ1n) is 7.70. The third-order valence-corrected chi connectivity index (χ3v) is 6.01. The van der Waals surface area contributed by atoms with Crippen LogP contribution in [0.2, 0.25) is 0 Å².